The third-order valence-corrected chi connectivity index (χ3v) is 5.10. The molecule has 1 aliphatic rings. The van der Waals surface area contributed by atoms with E-state index in [-0.39, 0.29) is 38.1 Å². The molecule has 0 spiro atoms. The van der Waals surface area contributed by atoms with Gasteiger partial charge in [-0.2, -0.15) is 0 Å². The molecule has 0 bridgehead atoms. The number of thioether (sulfide) groups is 1. The number of aromatic nitrogens is 1. The summed E-state index contributed by atoms with van der Waals surface area (Å²) < 4.78 is 5.02. The zero-order valence-electron chi connectivity index (χ0n) is 13.6. The minimum Gasteiger partial charge on any atom is -0.480 e. The number of nitrogens with zero attached hydrogens (tertiary/aromatic N) is 2. The molecule has 1 aliphatic heterocycles. The molecule has 0 saturated carbocycles. The van der Waals surface area contributed by atoms with Crippen LogP contribution in [0.15, 0.2) is 10.3 Å². The maximum absolute atomic E-state index is 12.6. The molecule has 26 heavy (non-hydrogen) atoms. The molecule has 2 amide bonds. The van der Waals surface area contributed by atoms with Gasteiger partial charge >= 0.3 is 11.9 Å². The van der Waals surface area contributed by atoms with E-state index in [0.717, 1.165) is 28.0 Å². The average molecular weight is 415 g/mol. The standard InChI is InChI=1S/C14H13N3O6S3/c1-3-23-12(22)9(7-5-25-13(16-7)15-6(2)18)10-11(21)17(4-8(19)20)14(24)26-10/h5H,3-4H2,1-2H3,(H,19,20)(H,15,16,18). The fraction of sp³-hybridized carbons (Fsp3) is 0.286. The summed E-state index contributed by atoms with van der Waals surface area (Å²) in [6.45, 7) is 2.37. The number of anilines is 1. The third kappa shape index (κ3) is 4.45. The van der Waals surface area contributed by atoms with Crippen LogP contribution in [0.1, 0.15) is 19.5 Å². The van der Waals surface area contributed by atoms with E-state index in [1.807, 2.05) is 0 Å². The lowest BCUT2D eigenvalue weighted by molar-refractivity contribution is -0.140. The molecular weight excluding hydrogens is 402 g/mol. The van der Waals surface area contributed by atoms with E-state index in [9.17, 15) is 19.2 Å². The van der Waals surface area contributed by atoms with E-state index < -0.39 is 24.4 Å². The van der Waals surface area contributed by atoms with Crippen molar-refractivity contribution in [2.24, 2.45) is 0 Å². The van der Waals surface area contributed by atoms with Crippen molar-refractivity contribution in [3.8, 4) is 0 Å². The van der Waals surface area contributed by atoms with E-state index in [4.69, 9.17) is 22.1 Å². The predicted molar refractivity (Wildman–Crippen MR) is 99.5 cm³/mol. The minimum atomic E-state index is -1.23. The van der Waals surface area contributed by atoms with Crippen molar-refractivity contribution in [1.82, 2.24) is 9.88 Å². The van der Waals surface area contributed by atoms with Crippen molar-refractivity contribution in [3.05, 3.63) is 16.0 Å². The van der Waals surface area contributed by atoms with E-state index in [1.165, 1.54) is 12.3 Å². The second-order valence-electron chi connectivity index (χ2n) is 4.80. The van der Waals surface area contributed by atoms with Crippen LogP contribution in [0.4, 0.5) is 5.13 Å². The van der Waals surface area contributed by atoms with Gasteiger partial charge in [0.1, 0.15) is 16.4 Å². The molecule has 2 N–H and O–H groups in total. The van der Waals surface area contributed by atoms with Crippen molar-refractivity contribution < 1.29 is 29.0 Å². The van der Waals surface area contributed by atoms with E-state index in [1.54, 1.807) is 6.92 Å². The van der Waals surface area contributed by atoms with Crippen LogP contribution in [-0.4, -0.2) is 56.2 Å². The highest BCUT2D eigenvalue weighted by molar-refractivity contribution is 8.26. The number of carbonyl (C=O) groups excluding carboxylic acids is 3. The number of nitrogens with one attached hydrogen (secondary N) is 1. The number of aliphatic carboxylic acids is 1. The third-order valence-electron chi connectivity index (χ3n) is 2.89. The Hall–Kier alpha value is -2.31. The van der Waals surface area contributed by atoms with Gasteiger partial charge in [-0.05, 0) is 6.92 Å². The summed E-state index contributed by atoms with van der Waals surface area (Å²) in [4.78, 5) is 52.0. The molecule has 0 aliphatic carbocycles. The van der Waals surface area contributed by atoms with Gasteiger partial charge < -0.3 is 15.2 Å². The fourth-order valence-electron chi connectivity index (χ4n) is 1.93. The van der Waals surface area contributed by atoms with Gasteiger partial charge in [0.05, 0.1) is 17.2 Å². The number of amides is 2. The number of hydrogen-bond acceptors (Lipinski definition) is 9. The molecule has 1 aromatic rings. The van der Waals surface area contributed by atoms with Gasteiger partial charge in [0.25, 0.3) is 5.91 Å². The number of carboxylic acids is 1. The van der Waals surface area contributed by atoms with Crippen LogP contribution < -0.4 is 5.32 Å². The number of thiocarbonyl (C=S) groups is 1. The Bertz CT molecular complexity index is 832. The zero-order chi connectivity index (χ0) is 19.4. The number of rotatable bonds is 6. The van der Waals surface area contributed by atoms with Crippen LogP contribution >= 0.6 is 35.3 Å². The van der Waals surface area contributed by atoms with Crippen LogP contribution in [0.5, 0.6) is 0 Å². The molecule has 0 unspecified atom stereocenters. The van der Waals surface area contributed by atoms with E-state index >= 15 is 0 Å². The second kappa shape index (κ2) is 8.38. The summed E-state index contributed by atoms with van der Waals surface area (Å²) in [6.07, 6.45) is 0. The van der Waals surface area contributed by atoms with Gasteiger partial charge in [-0.1, -0.05) is 24.0 Å². The molecule has 1 fully saturated rings. The molecule has 2 heterocycles. The van der Waals surface area contributed by atoms with Crippen LogP contribution in [0.25, 0.3) is 5.57 Å². The number of thiazole rings is 1. The number of carbonyl (C=O) groups is 4. The van der Waals surface area contributed by atoms with Crippen LogP contribution in [-0.2, 0) is 23.9 Å². The highest BCUT2D eigenvalue weighted by Gasteiger charge is 2.38. The lowest BCUT2D eigenvalue weighted by Gasteiger charge is -2.11. The van der Waals surface area contributed by atoms with Gasteiger partial charge in [-0.3, -0.25) is 19.3 Å². The maximum atomic E-state index is 12.6. The van der Waals surface area contributed by atoms with E-state index in [2.05, 4.69) is 10.3 Å². The summed E-state index contributed by atoms with van der Waals surface area (Å²) in [5.74, 6) is -3.07. The van der Waals surface area contributed by atoms with Crippen molar-refractivity contribution in [1.29, 1.82) is 0 Å². The molecule has 9 nitrogen and oxygen atoms in total. The first-order valence-electron chi connectivity index (χ1n) is 7.15. The first kappa shape index (κ1) is 20.0. The maximum Gasteiger partial charge on any atom is 0.341 e. The minimum absolute atomic E-state index is 0.0199. The Morgan fingerprint density at radius 1 is 1.42 bits per heavy atom. The Labute approximate surface area is 161 Å². The van der Waals surface area contributed by atoms with Gasteiger partial charge in [-0.15, -0.1) is 11.3 Å². The first-order valence-corrected chi connectivity index (χ1v) is 9.25. The van der Waals surface area contributed by atoms with Crippen molar-refractivity contribution in [2.75, 3.05) is 18.5 Å². The topological polar surface area (TPSA) is 126 Å². The quantitative estimate of drug-likeness (QED) is 0.402. The van der Waals surface area contributed by atoms with Crippen molar-refractivity contribution >= 4 is 74.1 Å². The summed E-state index contributed by atoms with van der Waals surface area (Å²) in [5.41, 5.74) is 0.0120. The average Bonchev–Trinajstić information content (AvgIpc) is 3.08. The highest BCUT2D eigenvalue weighted by atomic mass is 32.2. The lowest BCUT2D eigenvalue weighted by atomic mass is 10.2. The number of carboxylic acid groups (broad SMARTS) is 1. The Morgan fingerprint density at radius 2 is 2.12 bits per heavy atom. The lowest BCUT2D eigenvalue weighted by Crippen LogP contribution is -2.33. The number of hydrogen-bond donors (Lipinski definition) is 2. The van der Waals surface area contributed by atoms with Crippen molar-refractivity contribution in [3.63, 3.8) is 0 Å². The second-order valence-corrected chi connectivity index (χ2v) is 7.30. The van der Waals surface area contributed by atoms with E-state index in [0.29, 0.717) is 0 Å². The molecule has 138 valence electrons. The molecule has 1 aromatic heterocycles. The smallest absolute Gasteiger partial charge is 0.341 e. The summed E-state index contributed by atoms with van der Waals surface area (Å²) in [5, 5.41) is 13.1. The van der Waals surface area contributed by atoms with Crippen LogP contribution in [0.2, 0.25) is 0 Å². The number of ether oxygens (including phenoxy) is 1. The molecule has 1 saturated heterocycles. The summed E-state index contributed by atoms with van der Waals surface area (Å²) in [7, 11) is 0. The highest BCUT2D eigenvalue weighted by Crippen LogP contribution is 2.38. The van der Waals surface area contributed by atoms with Crippen molar-refractivity contribution in [2.45, 2.75) is 13.8 Å². The summed E-state index contributed by atoms with van der Waals surface area (Å²) >= 11 is 6.91. The predicted octanol–water partition coefficient (Wildman–Crippen LogP) is 1.32. The van der Waals surface area contributed by atoms with Gasteiger partial charge in [0, 0.05) is 12.3 Å². The van der Waals surface area contributed by atoms with Gasteiger partial charge in [0.15, 0.2) is 5.13 Å². The molecule has 12 heteroatoms. The SMILES string of the molecule is CCOC(=O)C(=C1SC(=S)N(CC(=O)O)C1=O)c1csc(NC(C)=O)n1. The molecular formula is C14H13N3O6S3. The molecule has 0 atom stereocenters. The van der Waals surface area contributed by atoms with Crippen LogP contribution in [0.3, 0.4) is 0 Å². The fourth-order valence-corrected chi connectivity index (χ4v) is 4.00. The molecule has 0 aromatic carbocycles. The number of esters is 1. The Kier molecular flexibility index (Phi) is 6.45. The Balaban J connectivity index is 2.49. The largest absolute Gasteiger partial charge is 0.480 e. The molecule has 2 rings (SSSR count). The van der Waals surface area contributed by atoms with Gasteiger partial charge in [-0.25, -0.2) is 9.78 Å². The zero-order valence-corrected chi connectivity index (χ0v) is 16.0. The first-order chi connectivity index (χ1) is 12.2. The van der Waals surface area contributed by atoms with Crippen LogP contribution in [0, 0.1) is 0 Å². The molecule has 0 radical (unpaired) electrons. The Morgan fingerprint density at radius 3 is 2.69 bits per heavy atom. The van der Waals surface area contributed by atoms with Gasteiger partial charge in [0.2, 0.25) is 5.91 Å². The monoisotopic (exact) mass is 415 g/mol. The summed E-state index contributed by atoms with van der Waals surface area (Å²) in [6, 6.07) is 0. The normalized spacial score (nSPS) is 15.8.